The highest BCUT2D eigenvalue weighted by Gasteiger charge is 2.60. The Balaban J connectivity index is 1.75. The van der Waals surface area contributed by atoms with Crippen molar-refractivity contribution in [1.82, 2.24) is 14.7 Å². The highest BCUT2D eigenvalue weighted by Crippen LogP contribution is 2.66. The number of aromatic nitrogens is 2. The van der Waals surface area contributed by atoms with Gasteiger partial charge >= 0.3 is 0 Å². The number of amides is 1. The Bertz CT molecular complexity index is 1160. The van der Waals surface area contributed by atoms with Gasteiger partial charge in [-0.05, 0) is 64.3 Å². The zero-order valence-electron chi connectivity index (χ0n) is 18.9. The summed E-state index contributed by atoms with van der Waals surface area (Å²) in [6.45, 7) is 7.59. The molecule has 1 unspecified atom stereocenters. The SMILES string of the molecule is Cc1cc(F)cnc1C(=O)Nc1ccc(F)c([C@@]2(C)N=C(N)C(C)(C)S3(O)NCCC[C@@H]23)n1. The van der Waals surface area contributed by atoms with Crippen LogP contribution >= 0.6 is 10.5 Å². The molecule has 2 aromatic rings. The Morgan fingerprint density at radius 1 is 1.33 bits per heavy atom. The maximum Gasteiger partial charge on any atom is 0.275 e. The molecule has 2 aromatic heterocycles. The van der Waals surface area contributed by atoms with Crippen molar-refractivity contribution in [2.75, 3.05) is 11.9 Å². The number of pyridine rings is 2. The summed E-state index contributed by atoms with van der Waals surface area (Å²) in [6.07, 6.45) is 2.36. The molecule has 5 N–H and O–H groups in total. The molecule has 0 aromatic carbocycles. The summed E-state index contributed by atoms with van der Waals surface area (Å²) in [6, 6.07) is 3.73. The fourth-order valence-electron chi connectivity index (χ4n) is 4.58. The van der Waals surface area contributed by atoms with Gasteiger partial charge in [0.25, 0.3) is 5.91 Å². The molecule has 1 amide bonds. The smallest absolute Gasteiger partial charge is 0.275 e. The zero-order valence-corrected chi connectivity index (χ0v) is 19.8. The third-order valence-electron chi connectivity index (χ3n) is 6.58. The van der Waals surface area contributed by atoms with Gasteiger partial charge in [0, 0.05) is 6.54 Å². The lowest BCUT2D eigenvalue weighted by atomic mass is 9.89. The van der Waals surface area contributed by atoms with E-state index < -0.39 is 43.6 Å². The second kappa shape index (κ2) is 8.00. The standard InChI is InChI=1S/C22H28F2N6O2S/c1-12-10-13(23)11-26-17(12)19(31)29-16-8-7-14(24)18(28-16)22(4)15-6-5-9-27-33(15,32)21(2,3)20(25)30-22/h7-8,10-11,15,27,32H,5-6,9H2,1-4H3,(H2,25,30)(H,28,29,31)/t15-,22-/m0/s1. The molecule has 4 heterocycles. The summed E-state index contributed by atoms with van der Waals surface area (Å²) in [7, 11) is -2.52. The lowest BCUT2D eigenvalue weighted by Gasteiger charge is -2.61. The van der Waals surface area contributed by atoms with Crippen LogP contribution in [0.4, 0.5) is 14.6 Å². The monoisotopic (exact) mass is 478 g/mol. The highest BCUT2D eigenvalue weighted by atomic mass is 32.3. The number of carbonyl (C=O) groups is 1. The predicted molar refractivity (Wildman–Crippen MR) is 125 cm³/mol. The van der Waals surface area contributed by atoms with Crippen molar-refractivity contribution < 1.29 is 18.1 Å². The van der Waals surface area contributed by atoms with Crippen LogP contribution < -0.4 is 15.8 Å². The van der Waals surface area contributed by atoms with Gasteiger partial charge in [0.1, 0.15) is 40.2 Å². The first-order valence-corrected chi connectivity index (χ1v) is 12.3. The highest BCUT2D eigenvalue weighted by molar-refractivity contribution is 8.29. The number of hydrogen-bond acceptors (Lipinski definition) is 7. The van der Waals surface area contributed by atoms with Crippen LogP contribution in [-0.2, 0) is 5.54 Å². The molecule has 3 atom stereocenters. The summed E-state index contributed by atoms with van der Waals surface area (Å²) >= 11 is 0. The Morgan fingerprint density at radius 2 is 2.06 bits per heavy atom. The molecule has 0 saturated carbocycles. The van der Waals surface area contributed by atoms with E-state index in [1.807, 2.05) is 13.8 Å². The van der Waals surface area contributed by atoms with E-state index in [1.165, 1.54) is 18.2 Å². The fraction of sp³-hybridized carbons (Fsp3) is 0.455. The van der Waals surface area contributed by atoms with Crippen molar-refractivity contribution in [3.05, 3.63) is 53.0 Å². The molecule has 0 aliphatic carbocycles. The van der Waals surface area contributed by atoms with Crippen molar-refractivity contribution in [2.24, 2.45) is 10.7 Å². The number of nitrogens with two attached hydrogens (primary N) is 1. The molecule has 0 bridgehead atoms. The number of nitrogens with zero attached hydrogens (tertiary/aromatic N) is 3. The minimum atomic E-state index is -2.52. The molecule has 178 valence electrons. The summed E-state index contributed by atoms with van der Waals surface area (Å²) in [5.74, 6) is -1.46. The summed E-state index contributed by atoms with van der Waals surface area (Å²) < 4.78 is 42.7. The van der Waals surface area contributed by atoms with E-state index in [2.05, 4.69) is 25.0 Å². The van der Waals surface area contributed by atoms with Gasteiger partial charge in [-0.1, -0.05) is 10.5 Å². The van der Waals surface area contributed by atoms with Crippen molar-refractivity contribution in [1.29, 1.82) is 0 Å². The van der Waals surface area contributed by atoms with Gasteiger partial charge in [0.05, 0.1) is 16.2 Å². The van der Waals surface area contributed by atoms with Crippen LogP contribution in [0.2, 0.25) is 0 Å². The van der Waals surface area contributed by atoms with E-state index >= 15 is 4.39 Å². The molecule has 1 saturated heterocycles. The second-order valence-electron chi connectivity index (χ2n) is 9.11. The minimum Gasteiger partial charge on any atom is -0.386 e. The Kier molecular flexibility index (Phi) is 5.70. The van der Waals surface area contributed by atoms with Crippen LogP contribution in [0.1, 0.15) is 55.4 Å². The third-order valence-corrected chi connectivity index (χ3v) is 10.5. The van der Waals surface area contributed by atoms with Gasteiger partial charge in [-0.15, -0.1) is 0 Å². The van der Waals surface area contributed by atoms with Gasteiger partial charge in [0.2, 0.25) is 0 Å². The number of rotatable bonds is 3. The van der Waals surface area contributed by atoms with E-state index in [9.17, 15) is 13.7 Å². The topological polar surface area (TPSA) is 126 Å². The number of nitrogens with one attached hydrogen (secondary N) is 2. The van der Waals surface area contributed by atoms with Crippen LogP contribution in [0.15, 0.2) is 29.4 Å². The lowest BCUT2D eigenvalue weighted by molar-refractivity contribution is 0.102. The van der Waals surface area contributed by atoms with E-state index in [-0.39, 0.29) is 23.0 Å². The predicted octanol–water partition coefficient (Wildman–Crippen LogP) is 3.62. The molecule has 11 heteroatoms. The number of fused-ring (bicyclic) bond motifs is 1. The zero-order chi connectivity index (χ0) is 24.2. The van der Waals surface area contributed by atoms with Crippen molar-refractivity contribution >= 4 is 28.1 Å². The molecule has 1 fully saturated rings. The van der Waals surface area contributed by atoms with E-state index in [4.69, 9.17) is 5.73 Å². The van der Waals surface area contributed by atoms with Crippen molar-refractivity contribution in [3.8, 4) is 0 Å². The molecule has 8 nitrogen and oxygen atoms in total. The van der Waals surface area contributed by atoms with Gasteiger partial charge in [0.15, 0.2) is 0 Å². The van der Waals surface area contributed by atoms with E-state index in [0.717, 1.165) is 12.6 Å². The number of amidine groups is 1. The van der Waals surface area contributed by atoms with Crippen molar-refractivity contribution in [2.45, 2.75) is 56.1 Å². The lowest BCUT2D eigenvalue weighted by Crippen LogP contribution is -2.62. The maximum absolute atomic E-state index is 15.1. The fourth-order valence-corrected chi connectivity index (χ4v) is 8.01. The number of aryl methyl sites for hydroxylation is 1. The van der Waals surface area contributed by atoms with Crippen molar-refractivity contribution in [3.63, 3.8) is 0 Å². The van der Waals surface area contributed by atoms with Gasteiger partial charge in [-0.2, -0.15) is 0 Å². The molecule has 33 heavy (non-hydrogen) atoms. The number of halogens is 2. The molecule has 0 radical (unpaired) electrons. The Labute approximate surface area is 192 Å². The molecule has 4 rings (SSSR count). The second-order valence-corrected chi connectivity index (χ2v) is 12.2. The van der Waals surface area contributed by atoms with E-state index in [1.54, 1.807) is 13.8 Å². The Hall–Kier alpha value is -2.63. The molecule has 2 aliphatic heterocycles. The summed E-state index contributed by atoms with van der Waals surface area (Å²) in [5, 5.41) is 2.16. The first-order chi connectivity index (χ1) is 15.4. The largest absolute Gasteiger partial charge is 0.386 e. The average molecular weight is 479 g/mol. The van der Waals surface area contributed by atoms with Gasteiger partial charge < -0.3 is 15.6 Å². The van der Waals surface area contributed by atoms with Gasteiger partial charge in [-0.25, -0.2) is 18.7 Å². The normalized spacial score (nSPS) is 30.5. The Morgan fingerprint density at radius 3 is 2.76 bits per heavy atom. The number of aliphatic imine (C=N–C) groups is 1. The van der Waals surface area contributed by atoms with Crippen LogP contribution in [0.25, 0.3) is 0 Å². The molecule has 2 aliphatic rings. The van der Waals surface area contributed by atoms with Crippen LogP contribution in [-0.4, -0.2) is 42.8 Å². The number of hydrogen-bond donors (Lipinski definition) is 4. The average Bonchev–Trinajstić information content (AvgIpc) is 2.74. The van der Waals surface area contributed by atoms with Crippen LogP contribution in [0.5, 0.6) is 0 Å². The quantitative estimate of drug-likeness (QED) is 0.534. The number of carbonyl (C=O) groups excluding carboxylic acids is 1. The first-order valence-electron chi connectivity index (χ1n) is 10.7. The van der Waals surface area contributed by atoms with Crippen LogP contribution in [0.3, 0.4) is 0 Å². The first kappa shape index (κ1) is 23.5. The number of anilines is 1. The maximum atomic E-state index is 15.1. The third kappa shape index (κ3) is 3.68. The summed E-state index contributed by atoms with van der Waals surface area (Å²) in [5.41, 5.74) is 5.44. The van der Waals surface area contributed by atoms with Crippen LogP contribution in [0, 0.1) is 18.6 Å². The molecular formula is C22H28F2N6O2S. The minimum absolute atomic E-state index is 0.0119. The molecule has 0 spiro atoms. The summed E-state index contributed by atoms with van der Waals surface area (Å²) in [4.78, 5) is 25.6. The van der Waals surface area contributed by atoms with Gasteiger partial charge in [-0.3, -0.25) is 14.5 Å². The molecular weight excluding hydrogens is 450 g/mol. The van der Waals surface area contributed by atoms with E-state index in [0.29, 0.717) is 18.5 Å².